The molecule has 2 nitrogen and oxygen atoms in total. The summed E-state index contributed by atoms with van der Waals surface area (Å²) < 4.78 is 37.7. The minimum Gasteiger partial charge on any atom is -0.488 e. The Morgan fingerprint density at radius 3 is 2.72 bits per heavy atom. The first-order valence-electron chi connectivity index (χ1n) is 6.27. The number of ether oxygens (including phenoxy) is 2. The molecule has 0 saturated carbocycles. The molecule has 1 aromatic carbocycles. The molecule has 1 heterocycles. The summed E-state index contributed by atoms with van der Waals surface area (Å²) in [6.45, 7) is 4.63. The lowest BCUT2D eigenvalue weighted by atomic mass is 10.0. The van der Waals surface area contributed by atoms with Crippen LogP contribution in [0.1, 0.15) is 25.3 Å². The van der Waals surface area contributed by atoms with Gasteiger partial charge < -0.3 is 9.47 Å². The highest BCUT2D eigenvalue weighted by molar-refractivity contribution is 5.30. The fraction of sp³-hybridized carbons (Fsp3) is 0.571. The molecule has 0 amide bonds. The Kier molecular flexibility index (Phi) is 4.17. The third kappa shape index (κ3) is 2.99. The molecule has 100 valence electrons. The molecule has 4 heteroatoms. The van der Waals surface area contributed by atoms with Crippen molar-refractivity contribution >= 4 is 0 Å². The maximum absolute atomic E-state index is 13.5. The van der Waals surface area contributed by atoms with Gasteiger partial charge in [0.25, 0.3) is 0 Å². The van der Waals surface area contributed by atoms with Crippen LogP contribution in [0.15, 0.2) is 12.1 Å². The van der Waals surface area contributed by atoms with Crippen molar-refractivity contribution < 1.29 is 18.3 Å². The van der Waals surface area contributed by atoms with Crippen LogP contribution in [0.3, 0.4) is 0 Å². The molecule has 1 aliphatic rings. The highest BCUT2D eigenvalue weighted by Crippen LogP contribution is 2.24. The maximum Gasteiger partial charge on any atom is 0.200 e. The molecule has 2 rings (SSSR count). The molecule has 0 aromatic heterocycles. The van der Waals surface area contributed by atoms with Crippen molar-refractivity contribution in [2.75, 3.05) is 13.2 Å². The van der Waals surface area contributed by atoms with E-state index in [9.17, 15) is 8.78 Å². The summed E-state index contributed by atoms with van der Waals surface area (Å²) in [6.07, 6.45) is 1.96. The van der Waals surface area contributed by atoms with Crippen molar-refractivity contribution in [2.45, 2.75) is 32.8 Å². The lowest BCUT2D eigenvalue weighted by Gasteiger charge is -2.26. The van der Waals surface area contributed by atoms with Gasteiger partial charge in [-0.2, -0.15) is 4.39 Å². The topological polar surface area (TPSA) is 18.5 Å². The molecule has 1 saturated heterocycles. The summed E-state index contributed by atoms with van der Waals surface area (Å²) in [7, 11) is 0. The van der Waals surface area contributed by atoms with E-state index in [1.165, 1.54) is 19.1 Å². The SMILES string of the molecule is Cc1ccc(OC[C@@H]2CCC(C)CO2)c(F)c1F. The van der Waals surface area contributed by atoms with E-state index >= 15 is 0 Å². The fourth-order valence-electron chi connectivity index (χ4n) is 1.99. The third-order valence-electron chi connectivity index (χ3n) is 3.26. The number of benzene rings is 1. The Morgan fingerprint density at radius 2 is 2.06 bits per heavy atom. The second-order valence-corrected chi connectivity index (χ2v) is 4.96. The molecular formula is C14H18F2O2. The number of halogens is 2. The first-order valence-corrected chi connectivity index (χ1v) is 6.27. The van der Waals surface area contributed by atoms with E-state index < -0.39 is 11.6 Å². The van der Waals surface area contributed by atoms with E-state index in [4.69, 9.17) is 9.47 Å². The van der Waals surface area contributed by atoms with E-state index in [2.05, 4.69) is 6.92 Å². The Bertz CT molecular complexity index is 413. The van der Waals surface area contributed by atoms with Gasteiger partial charge in [-0.15, -0.1) is 0 Å². The van der Waals surface area contributed by atoms with Gasteiger partial charge in [-0.1, -0.05) is 13.0 Å². The molecule has 0 spiro atoms. The largest absolute Gasteiger partial charge is 0.488 e. The van der Waals surface area contributed by atoms with Crippen molar-refractivity contribution in [1.82, 2.24) is 0 Å². The monoisotopic (exact) mass is 256 g/mol. The van der Waals surface area contributed by atoms with Gasteiger partial charge in [0.1, 0.15) is 6.61 Å². The van der Waals surface area contributed by atoms with Crippen LogP contribution in [0.5, 0.6) is 5.75 Å². The molecular weight excluding hydrogens is 238 g/mol. The van der Waals surface area contributed by atoms with Crippen LogP contribution in [-0.4, -0.2) is 19.3 Å². The van der Waals surface area contributed by atoms with Gasteiger partial charge in [0.05, 0.1) is 6.10 Å². The predicted octanol–water partition coefficient (Wildman–Crippen LogP) is 3.47. The molecule has 0 radical (unpaired) electrons. The van der Waals surface area contributed by atoms with Gasteiger partial charge in [0, 0.05) is 6.61 Å². The van der Waals surface area contributed by atoms with Gasteiger partial charge in [-0.05, 0) is 37.3 Å². The number of rotatable bonds is 3. The Hall–Kier alpha value is -1.16. The quantitative estimate of drug-likeness (QED) is 0.824. The highest BCUT2D eigenvalue weighted by atomic mass is 19.2. The summed E-state index contributed by atoms with van der Waals surface area (Å²) in [6, 6.07) is 2.97. The highest BCUT2D eigenvalue weighted by Gasteiger charge is 2.20. The van der Waals surface area contributed by atoms with E-state index in [1.54, 1.807) is 0 Å². The van der Waals surface area contributed by atoms with Crippen molar-refractivity contribution in [3.8, 4) is 5.75 Å². The van der Waals surface area contributed by atoms with Gasteiger partial charge >= 0.3 is 0 Å². The van der Waals surface area contributed by atoms with Gasteiger partial charge in [0.15, 0.2) is 11.6 Å². The zero-order chi connectivity index (χ0) is 13.1. The van der Waals surface area contributed by atoms with Crippen LogP contribution in [0.25, 0.3) is 0 Å². The molecule has 1 aromatic rings. The first kappa shape index (κ1) is 13.3. The van der Waals surface area contributed by atoms with Crippen LogP contribution in [-0.2, 0) is 4.74 Å². The molecule has 1 unspecified atom stereocenters. The summed E-state index contributed by atoms with van der Waals surface area (Å²) in [5, 5.41) is 0. The average Bonchev–Trinajstić information content (AvgIpc) is 2.37. The smallest absolute Gasteiger partial charge is 0.200 e. The van der Waals surface area contributed by atoms with E-state index in [1.807, 2.05) is 0 Å². The normalized spacial score (nSPS) is 24.0. The molecule has 0 aliphatic carbocycles. The minimum atomic E-state index is -0.917. The van der Waals surface area contributed by atoms with Crippen molar-refractivity contribution in [3.63, 3.8) is 0 Å². The molecule has 18 heavy (non-hydrogen) atoms. The van der Waals surface area contributed by atoms with Gasteiger partial charge in [-0.25, -0.2) is 4.39 Å². The summed E-state index contributed by atoms with van der Waals surface area (Å²) in [5.41, 5.74) is 0.280. The first-order chi connectivity index (χ1) is 8.58. The second kappa shape index (κ2) is 5.65. The summed E-state index contributed by atoms with van der Waals surface area (Å²) in [4.78, 5) is 0. The van der Waals surface area contributed by atoms with Gasteiger partial charge in [-0.3, -0.25) is 0 Å². The van der Waals surface area contributed by atoms with Crippen LogP contribution < -0.4 is 4.74 Å². The number of hydrogen-bond donors (Lipinski definition) is 0. The molecule has 2 atom stereocenters. The van der Waals surface area contributed by atoms with Crippen molar-refractivity contribution in [1.29, 1.82) is 0 Å². The zero-order valence-corrected chi connectivity index (χ0v) is 10.7. The van der Waals surface area contributed by atoms with E-state index in [0.717, 1.165) is 12.8 Å². The lowest BCUT2D eigenvalue weighted by Crippen LogP contribution is -2.29. The zero-order valence-electron chi connectivity index (χ0n) is 10.7. The van der Waals surface area contributed by atoms with Crippen LogP contribution in [0.2, 0.25) is 0 Å². The molecule has 1 fully saturated rings. The molecule has 0 bridgehead atoms. The maximum atomic E-state index is 13.5. The van der Waals surface area contributed by atoms with E-state index in [-0.39, 0.29) is 24.0 Å². The predicted molar refractivity (Wildman–Crippen MR) is 64.7 cm³/mol. The van der Waals surface area contributed by atoms with Crippen molar-refractivity contribution in [2.24, 2.45) is 5.92 Å². The van der Waals surface area contributed by atoms with Gasteiger partial charge in [0.2, 0.25) is 5.82 Å². The average molecular weight is 256 g/mol. The summed E-state index contributed by atoms with van der Waals surface area (Å²) in [5.74, 6) is -1.24. The Morgan fingerprint density at radius 1 is 1.28 bits per heavy atom. The number of aryl methyl sites for hydroxylation is 1. The standard InChI is InChI=1S/C14H18F2O2/c1-9-3-5-11(17-7-9)8-18-12-6-4-10(2)13(15)14(12)16/h4,6,9,11H,3,5,7-8H2,1-2H3/t9?,11-/m0/s1. The second-order valence-electron chi connectivity index (χ2n) is 4.96. The molecule has 0 N–H and O–H groups in total. The lowest BCUT2D eigenvalue weighted by molar-refractivity contribution is -0.0339. The molecule has 1 aliphatic heterocycles. The third-order valence-corrected chi connectivity index (χ3v) is 3.26. The fourth-order valence-corrected chi connectivity index (χ4v) is 1.99. The summed E-state index contributed by atoms with van der Waals surface area (Å²) >= 11 is 0. The number of hydrogen-bond acceptors (Lipinski definition) is 2. The van der Waals surface area contributed by atoms with E-state index in [0.29, 0.717) is 12.5 Å². The van der Waals surface area contributed by atoms with Crippen molar-refractivity contribution in [3.05, 3.63) is 29.3 Å². The Balaban J connectivity index is 1.92. The van der Waals surface area contributed by atoms with Crippen LogP contribution in [0, 0.1) is 24.5 Å². The Labute approximate surface area is 106 Å². The van der Waals surface area contributed by atoms with Crippen LogP contribution in [0.4, 0.5) is 8.78 Å². The van der Waals surface area contributed by atoms with Crippen LogP contribution >= 0.6 is 0 Å². The minimum absolute atomic E-state index is 0.0232.